The molecule has 2 aromatic heterocycles. The fourth-order valence-corrected chi connectivity index (χ4v) is 12.8. The highest BCUT2D eigenvalue weighted by Crippen LogP contribution is 2.68. The van der Waals surface area contributed by atoms with E-state index in [1.54, 1.807) is 0 Å². The zero-order valence-corrected chi connectivity index (χ0v) is 39.8. The highest BCUT2D eigenvalue weighted by molar-refractivity contribution is 7.67. The van der Waals surface area contributed by atoms with Crippen molar-refractivity contribution in [2.24, 2.45) is 0 Å². The molecule has 0 bridgehead atoms. The van der Waals surface area contributed by atoms with Crippen molar-refractivity contribution in [1.82, 2.24) is 24.1 Å². The first-order valence-electron chi connectivity index (χ1n) is 16.9. The normalized spacial score (nSPS) is 30.0. The molecule has 2 fully saturated rings. The molecular formula is C25H35Cl2N5O28P6. The number of nitrogens with zero attached hydrogens (tertiary/aromatic N) is 3. The van der Waals surface area contributed by atoms with Gasteiger partial charge >= 0.3 is 64.0 Å². The first-order valence-corrected chi connectivity index (χ1v) is 26.7. The quantitative estimate of drug-likeness (QED) is 0.0514. The summed E-state index contributed by atoms with van der Waals surface area (Å²) in [6.45, 7) is 4.76. The van der Waals surface area contributed by atoms with Crippen molar-refractivity contribution in [3.63, 3.8) is 0 Å². The number of alkyl halides is 2. The van der Waals surface area contributed by atoms with Gasteiger partial charge in [-0.3, -0.25) is 32.9 Å². The van der Waals surface area contributed by atoms with Crippen LogP contribution >= 0.6 is 70.1 Å². The molecule has 33 nitrogen and oxygen atoms in total. The SMILES string of the molecule is CC#CC1(Cl)[C@@H](O)[C@@H]([C@@H](C)OP(=O)(O)OP(=O)(O)OP(=O)(O)O)O[C@H]1n1ccc(=O)[nH]c1=O.CC#CC1(Cl)[C@@H](O)[C@@H]([C@@H](C)OP(=O)(O)OP(=O)(O)OP(=O)(O)O)O[C@H]1n1cnc(=O)[nH]c1=O. The number of H-pyrrole nitrogens is 2. The second-order valence-corrected chi connectivity index (χ2v) is 22.8. The third-order valence-corrected chi connectivity index (χ3v) is 16.7. The third-order valence-electron chi connectivity index (χ3n) is 7.87. The number of rotatable bonds is 16. The number of phosphoric ester groups is 2. The van der Waals surface area contributed by atoms with Gasteiger partial charge in [-0.1, -0.05) is 35.0 Å². The van der Waals surface area contributed by atoms with Crippen LogP contribution in [0.3, 0.4) is 0 Å². The summed E-state index contributed by atoms with van der Waals surface area (Å²) < 4.78 is 105. The van der Waals surface area contributed by atoms with E-state index in [1.807, 2.05) is 9.97 Å². The predicted molar refractivity (Wildman–Crippen MR) is 213 cm³/mol. The van der Waals surface area contributed by atoms with Crippen molar-refractivity contribution in [3.05, 3.63) is 60.4 Å². The number of halogens is 2. The van der Waals surface area contributed by atoms with Gasteiger partial charge in [0.2, 0.25) is 0 Å². The molecule has 2 aliphatic rings. The van der Waals surface area contributed by atoms with E-state index in [1.165, 1.54) is 13.8 Å². The molecule has 4 heterocycles. The van der Waals surface area contributed by atoms with Crippen LogP contribution in [-0.4, -0.2) is 120 Å². The first kappa shape index (κ1) is 58.0. The Balaban J connectivity index is 0.000000350. The molecule has 0 saturated carbocycles. The second kappa shape index (κ2) is 21.3. The van der Waals surface area contributed by atoms with Crippen molar-refractivity contribution < 1.29 is 113 Å². The van der Waals surface area contributed by atoms with Crippen LogP contribution in [0.1, 0.15) is 40.2 Å². The van der Waals surface area contributed by atoms with Gasteiger partial charge in [0.1, 0.15) is 30.7 Å². The van der Waals surface area contributed by atoms with Crippen LogP contribution in [0.5, 0.6) is 0 Å². The van der Waals surface area contributed by atoms with Gasteiger partial charge in [0, 0.05) is 12.3 Å². The molecule has 14 atom stereocenters. The lowest BCUT2D eigenvalue weighted by Gasteiger charge is -2.26. The predicted octanol–water partition coefficient (Wildman–Crippen LogP) is -1.55. The molecule has 0 spiro atoms. The van der Waals surface area contributed by atoms with Gasteiger partial charge in [0.25, 0.3) is 5.56 Å². The van der Waals surface area contributed by atoms with E-state index in [4.69, 9.17) is 52.2 Å². The lowest BCUT2D eigenvalue weighted by atomic mass is 9.96. The van der Waals surface area contributed by atoms with Gasteiger partial charge in [-0.15, -0.1) is 11.8 Å². The molecule has 2 saturated heterocycles. The Labute approximate surface area is 376 Å². The van der Waals surface area contributed by atoms with Crippen molar-refractivity contribution >= 4 is 70.1 Å². The molecule has 12 N–H and O–H groups in total. The number of aliphatic hydroxyl groups is 2. The number of aromatic amines is 2. The maximum atomic E-state index is 12.2. The Morgan fingerprint density at radius 1 is 0.667 bits per heavy atom. The average Bonchev–Trinajstić information content (AvgIpc) is 3.50. The molecule has 66 heavy (non-hydrogen) atoms. The number of aliphatic hydroxyl groups excluding tert-OH is 2. The lowest BCUT2D eigenvalue weighted by Crippen LogP contribution is -2.45. The highest BCUT2D eigenvalue weighted by atomic mass is 35.5. The van der Waals surface area contributed by atoms with E-state index in [0.717, 1.165) is 37.0 Å². The Bertz CT molecular complexity index is 2620. The van der Waals surface area contributed by atoms with Gasteiger partial charge < -0.3 is 58.8 Å². The van der Waals surface area contributed by atoms with Crippen LogP contribution in [0, 0.1) is 23.7 Å². The van der Waals surface area contributed by atoms with Crippen molar-refractivity contribution in [3.8, 4) is 23.7 Å². The van der Waals surface area contributed by atoms with Crippen LogP contribution < -0.4 is 22.6 Å². The van der Waals surface area contributed by atoms with Gasteiger partial charge in [0.15, 0.2) is 22.2 Å². The summed E-state index contributed by atoms with van der Waals surface area (Å²) in [6, 6.07) is 0.955. The topological polar surface area (TPSA) is 501 Å². The van der Waals surface area contributed by atoms with E-state index >= 15 is 0 Å². The maximum absolute atomic E-state index is 12.2. The number of aromatic nitrogens is 5. The van der Waals surface area contributed by atoms with Crippen LogP contribution in [0.4, 0.5) is 0 Å². The summed E-state index contributed by atoms with van der Waals surface area (Å²) in [4.78, 5) is 122. The molecule has 0 amide bonds. The first-order chi connectivity index (χ1) is 29.8. The Kier molecular flexibility index (Phi) is 18.7. The number of hydrogen-bond acceptors (Lipinski definition) is 21. The largest absolute Gasteiger partial charge is 0.490 e. The van der Waals surface area contributed by atoms with Gasteiger partial charge in [-0.25, -0.2) is 41.8 Å². The summed E-state index contributed by atoms with van der Waals surface area (Å²) in [5.74, 6) is 9.72. The smallest absolute Gasteiger partial charge is 0.387 e. The van der Waals surface area contributed by atoms with Gasteiger partial charge in [-0.2, -0.15) is 22.2 Å². The van der Waals surface area contributed by atoms with Crippen molar-refractivity contribution in [1.29, 1.82) is 0 Å². The van der Waals surface area contributed by atoms with E-state index in [-0.39, 0.29) is 0 Å². The number of phosphoric acid groups is 6. The number of hydrogen-bond donors (Lipinski definition) is 12. The van der Waals surface area contributed by atoms with Crippen molar-refractivity contribution in [2.75, 3.05) is 0 Å². The Morgan fingerprint density at radius 2 is 1.05 bits per heavy atom. The van der Waals surface area contributed by atoms with Crippen LogP contribution in [0.25, 0.3) is 0 Å². The summed E-state index contributed by atoms with van der Waals surface area (Å²) in [6.07, 6.45) is -11.7. The molecular weight excluding hydrogens is 1080 g/mol. The fourth-order valence-electron chi connectivity index (χ4n) is 5.61. The summed E-state index contributed by atoms with van der Waals surface area (Å²) in [7, 11) is -33.9. The molecule has 0 radical (unpaired) electrons. The molecule has 2 aromatic rings. The summed E-state index contributed by atoms with van der Waals surface area (Å²) in [5, 5.41) is 21.4. The molecule has 372 valence electrons. The number of nitrogens with one attached hydrogen (secondary N) is 2. The van der Waals surface area contributed by atoms with Crippen LogP contribution in [0.2, 0.25) is 0 Å². The average molecular weight is 1110 g/mol. The van der Waals surface area contributed by atoms with E-state index in [9.17, 15) is 76.4 Å². The van der Waals surface area contributed by atoms with Crippen LogP contribution in [0.15, 0.2) is 37.8 Å². The Hall–Kier alpha value is -2.35. The highest BCUT2D eigenvalue weighted by Gasteiger charge is 2.60. The van der Waals surface area contributed by atoms with Gasteiger partial charge in [-0.05, 0) is 27.7 Å². The lowest BCUT2D eigenvalue weighted by molar-refractivity contribution is -0.0753. The molecule has 0 aliphatic carbocycles. The second-order valence-electron chi connectivity index (χ2n) is 12.8. The standard InChI is InChI=1S/C13H18ClN2O14P3.C12H17ClN3O14P3/c1-3-5-13(14)10(18)9(27-11(13)16-6-4-8(17)15-12(16)19)7(2)28-32(23,24)30-33(25,26)29-31(20,21)22;1-3-4-12(13)8(17)7(27-9(12)16-5-14-10(18)15-11(16)19)6(2)28-32(23,24)30-33(25,26)29-31(20,21)22/h4,6-7,9-11,18H,1-2H3,(H,23,24)(H,25,26)(H,15,17,19)(H2,20,21,22);5-9,17H,1-2H3,(H,23,24)(H,25,26)(H,15,18,19)(H2,20,21,22)/t7-,9-,10+,11-,13?;6-,7-,8+,9-,12?/m11/s1. The molecule has 4 rings (SSSR count). The molecule has 6 unspecified atom stereocenters. The zero-order valence-electron chi connectivity index (χ0n) is 33.0. The summed E-state index contributed by atoms with van der Waals surface area (Å²) in [5.41, 5.74) is -3.76. The minimum atomic E-state index is -5.79. The number of ether oxygens (including phenoxy) is 2. The van der Waals surface area contributed by atoms with E-state index in [2.05, 4.69) is 55.0 Å². The zero-order chi connectivity index (χ0) is 50.8. The van der Waals surface area contributed by atoms with Crippen molar-refractivity contribution in [2.45, 2.75) is 86.5 Å². The molecule has 2 aliphatic heterocycles. The van der Waals surface area contributed by atoms with E-state index in [0.29, 0.717) is 4.57 Å². The van der Waals surface area contributed by atoms with Gasteiger partial charge in [0.05, 0.1) is 12.2 Å². The fraction of sp³-hybridized carbons (Fsp3) is 0.560. The Morgan fingerprint density at radius 3 is 1.39 bits per heavy atom. The maximum Gasteiger partial charge on any atom is 0.490 e. The monoisotopic (exact) mass is 1110 g/mol. The van der Waals surface area contributed by atoms with E-state index < -0.39 is 128 Å². The minimum Gasteiger partial charge on any atom is -0.387 e. The van der Waals surface area contributed by atoms with Crippen LogP contribution in [-0.2, 0) is 63.2 Å². The minimum absolute atomic E-state index is 0.680. The summed E-state index contributed by atoms with van der Waals surface area (Å²) >= 11 is 12.8. The molecule has 0 aromatic carbocycles. The third kappa shape index (κ3) is 15.3. The molecule has 41 heteroatoms.